The van der Waals surface area contributed by atoms with Crippen LogP contribution in [0.1, 0.15) is 16.3 Å². The maximum Gasteiger partial charge on any atom is 0.287 e. The molecule has 0 spiro atoms. The van der Waals surface area contributed by atoms with Gasteiger partial charge in [0.05, 0.1) is 6.61 Å². The summed E-state index contributed by atoms with van der Waals surface area (Å²) >= 11 is 0. The molecule has 0 saturated carbocycles. The molecule has 0 aromatic carbocycles. The van der Waals surface area contributed by atoms with Crippen LogP contribution in [0, 0.1) is 6.92 Å². The molecule has 20 heavy (non-hydrogen) atoms. The average Bonchev–Trinajstić information content (AvgIpc) is 2.75. The highest BCUT2D eigenvalue weighted by atomic mass is 32.2. The summed E-state index contributed by atoms with van der Waals surface area (Å²) in [5.41, 5.74) is 0. The number of rotatable bonds is 8. The van der Waals surface area contributed by atoms with Crippen LogP contribution in [-0.4, -0.2) is 47.7 Å². The fraction of sp³-hybridized carbons (Fsp3) is 0.545. The van der Waals surface area contributed by atoms with Gasteiger partial charge in [-0.15, -0.1) is 0 Å². The van der Waals surface area contributed by atoms with Gasteiger partial charge in [0.25, 0.3) is 5.91 Å². The van der Waals surface area contributed by atoms with Gasteiger partial charge < -0.3 is 19.8 Å². The highest BCUT2D eigenvalue weighted by Gasteiger charge is 2.20. The third kappa shape index (κ3) is 4.93. The minimum atomic E-state index is -3.88. The second kappa shape index (κ2) is 7.39. The lowest BCUT2D eigenvalue weighted by Crippen LogP contribution is -2.32. The Balaban J connectivity index is 2.49. The zero-order valence-corrected chi connectivity index (χ0v) is 12.2. The lowest BCUT2D eigenvalue weighted by Gasteiger charge is -2.04. The van der Waals surface area contributed by atoms with E-state index in [4.69, 9.17) is 14.3 Å². The number of carbonyl (C=O) groups excluding carboxylic acids is 1. The molecule has 1 amide bonds. The number of furan rings is 1. The number of ether oxygens (including phenoxy) is 1. The summed E-state index contributed by atoms with van der Waals surface area (Å²) in [6, 6.07) is 1.12. The topological polar surface area (TPSA) is 124 Å². The fourth-order valence-corrected chi connectivity index (χ4v) is 2.22. The molecular formula is C11H19N3O5S. The SMILES string of the molecule is COCCNCCNC(=O)c1cc(S(N)(=O)=O)c(C)o1. The van der Waals surface area contributed by atoms with E-state index in [2.05, 4.69) is 10.6 Å². The quantitative estimate of drug-likeness (QED) is 0.540. The molecular weight excluding hydrogens is 286 g/mol. The van der Waals surface area contributed by atoms with Crippen LogP contribution in [0.3, 0.4) is 0 Å². The number of carbonyl (C=O) groups is 1. The minimum Gasteiger partial charge on any atom is -0.455 e. The van der Waals surface area contributed by atoms with Crippen LogP contribution < -0.4 is 15.8 Å². The van der Waals surface area contributed by atoms with Gasteiger partial charge >= 0.3 is 0 Å². The van der Waals surface area contributed by atoms with E-state index >= 15 is 0 Å². The predicted octanol–water partition coefficient (Wildman–Crippen LogP) is -0.799. The van der Waals surface area contributed by atoms with E-state index < -0.39 is 15.9 Å². The second-order valence-corrected chi connectivity index (χ2v) is 5.60. The van der Waals surface area contributed by atoms with Crippen LogP contribution in [0.5, 0.6) is 0 Å². The first kappa shape index (κ1) is 16.6. The molecule has 0 aliphatic heterocycles. The number of amides is 1. The van der Waals surface area contributed by atoms with Crippen molar-refractivity contribution < 1.29 is 22.4 Å². The van der Waals surface area contributed by atoms with Crippen molar-refractivity contribution in [2.24, 2.45) is 5.14 Å². The van der Waals surface area contributed by atoms with E-state index in [0.29, 0.717) is 26.2 Å². The molecule has 0 radical (unpaired) electrons. The van der Waals surface area contributed by atoms with Crippen LogP contribution in [0.4, 0.5) is 0 Å². The Morgan fingerprint density at radius 1 is 1.40 bits per heavy atom. The zero-order valence-electron chi connectivity index (χ0n) is 11.4. The van der Waals surface area contributed by atoms with Crippen molar-refractivity contribution in [3.8, 4) is 0 Å². The van der Waals surface area contributed by atoms with E-state index in [0.717, 1.165) is 6.07 Å². The summed E-state index contributed by atoms with van der Waals surface area (Å²) in [5, 5.41) is 10.6. The van der Waals surface area contributed by atoms with E-state index in [-0.39, 0.29) is 16.4 Å². The molecule has 0 aliphatic carbocycles. The van der Waals surface area contributed by atoms with E-state index in [1.54, 1.807) is 7.11 Å². The standard InChI is InChI=1S/C11H19N3O5S/c1-8-10(20(12,16)17)7-9(19-8)11(15)14-4-3-13-5-6-18-2/h7,13H,3-6H2,1-2H3,(H,14,15)(H2,12,16,17). The highest BCUT2D eigenvalue weighted by Crippen LogP contribution is 2.18. The van der Waals surface area contributed by atoms with Gasteiger partial charge in [0.15, 0.2) is 5.76 Å². The van der Waals surface area contributed by atoms with Gasteiger partial charge in [-0.1, -0.05) is 0 Å². The van der Waals surface area contributed by atoms with Gasteiger partial charge in [0.1, 0.15) is 10.7 Å². The molecule has 9 heteroatoms. The maximum atomic E-state index is 11.7. The number of hydrogen-bond acceptors (Lipinski definition) is 6. The van der Waals surface area contributed by atoms with Crippen molar-refractivity contribution in [1.82, 2.24) is 10.6 Å². The van der Waals surface area contributed by atoms with Crippen LogP contribution in [0.15, 0.2) is 15.4 Å². The van der Waals surface area contributed by atoms with Crippen molar-refractivity contribution in [3.63, 3.8) is 0 Å². The first-order valence-electron chi connectivity index (χ1n) is 5.97. The number of nitrogens with one attached hydrogen (secondary N) is 2. The molecule has 0 bridgehead atoms. The smallest absolute Gasteiger partial charge is 0.287 e. The number of hydrogen-bond donors (Lipinski definition) is 3. The normalized spacial score (nSPS) is 11.6. The van der Waals surface area contributed by atoms with Crippen LogP contribution in [0.25, 0.3) is 0 Å². The van der Waals surface area contributed by atoms with Crippen LogP contribution in [-0.2, 0) is 14.8 Å². The van der Waals surface area contributed by atoms with Crippen molar-refractivity contribution >= 4 is 15.9 Å². The Labute approximate surface area is 117 Å². The Hall–Kier alpha value is -1.42. The molecule has 4 N–H and O–H groups in total. The Morgan fingerprint density at radius 3 is 2.65 bits per heavy atom. The maximum absolute atomic E-state index is 11.7. The molecule has 114 valence electrons. The van der Waals surface area contributed by atoms with E-state index in [9.17, 15) is 13.2 Å². The van der Waals surface area contributed by atoms with Gasteiger partial charge in [-0.05, 0) is 6.92 Å². The average molecular weight is 305 g/mol. The molecule has 0 fully saturated rings. The number of sulfonamides is 1. The molecule has 0 atom stereocenters. The highest BCUT2D eigenvalue weighted by molar-refractivity contribution is 7.89. The predicted molar refractivity (Wildman–Crippen MR) is 71.9 cm³/mol. The van der Waals surface area contributed by atoms with Gasteiger partial charge in [-0.25, -0.2) is 13.6 Å². The number of methoxy groups -OCH3 is 1. The summed E-state index contributed by atoms with van der Waals surface area (Å²) in [7, 11) is -2.28. The largest absolute Gasteiger partial charge is 0.455 e. The molecule has 0 unspecified atom stereocenters. The summed E-state index contributed by atoms with van der Waals surface area (Å²) in [6.45, 7) is 3.65. The fourth-order valence-electron chi connectivity index (χ4n) is 1.51. The lowest BCUT2D eigenvalue weighted by atomic mass is 10.4. The van der Waals surface area contributed by atoms with Crippen molar-refractivity contribution in [3.05, 3.63) is 17.6 Å². The van der Waals surface area contributed by atoms with Gasteiger partial charge in [-0.2, -0.15) is 0 Å². The van der Waals surface area contributed by atoms with Crippen LogP contribution in [0.2, 0.25) is 0 Å². The zero-order chi connectivity index (χ0) is 15.2. The molecule has 0 saturated heterocycles. The molecule has 8 nitrogen and oxygen atoms in total. The van der Waals surface area contributed by atoms with Crippen molar-refractivity contribution in [2.45, 2.75) is 11.8 Å². The van der Waals surface area contributed by atoms with Gasteiger partial charge in [0.2, 0.25) is 10.0 Å². The lowest BCUT2D eigenvalue weighted by molar-refractivity contribution is 0.0924. The summed E-state index contributed by atoms with van der Waals surface area (Å²) < 4.78 is 32.4. The van der Waals surface area contributed by atoms with Crippen molar-refractivity contribution in [1.29, 1.82) is 0 Å². The molecule has 1 aromatic heterocycles. The molecule has 1 heterocycles. The van der Waals surface area contributed by atoms with E-state index in [1.807, 2.05) is 0 Å². The van der Waals surface area contributed by atoms with Gasteiger partial charge in [-0.3, -0.25) is 4.79 Å². The molecule has 0 aliphatic rings. The first-order valence-corrected chi connectivity index (χ1v) is 7.52. The van der Waals surface area contributed by atoms with Crippen molar-refractivity contribution in [2.75, 3.05) is 33.4 Å². The summed E-state index contributed by atoms with van der Waals surface area (Å²) in [6.07, 6.45) is 0. The third-order valence-corrected chi connectivity index (χ3v) is 3.49. The summed E-state index contributed by atoms with van der Waals surface area (Å²) in [4.78, 5) is 11.6. The first-order chi connectivity index (χ1) is 9.36. The molecule has 1 aromatic rings. The monoisotopic (exact) mass is 305 g/mol. The Kier molecular flexibility index (Phi) is 6.14. The number of nitrogens with two attached hydrogens (primary N) is 1. The second-order valence-electron chi connectivity index (χ2n) is 4.07. The van der Waals surface area contributed by atoms with E-state index in [1.165, 1.54) is 6.92 Å². The Bertz CT molecular complexity index is 552. The number of primary sulfonamides is 1. The van der Waals surface area contributed by atoms with Crippen LogP contribution >= 0.6 is 0 Å². The summed E-state index contributed by atoms with van der Waals surface area (Å²) in [5.74, 6) is -0.476. The van der Waals surface area contributed by atoms with Gasteiger partial charge in [0, 0.05) is 32.8 Å². The number of aryl methyl sites for hydroxylation is 1. The minimum absolute atomic E-state index is 0.0802. The Morgan fingerprint density at radius 2 is 2.10 bits per heavy atom. The third-order valence-electron chi connectivity index (χ3n) is 2.47. The molecule has 1 rings (SSSR count).